The van der Waals surface area contributed by atoms with Crippen molar-refractivity contribution in [3.8, 4) is 0 Å². The molecule has 0 amide bonds. The van der Waals surface area contributed by atoms with Gasteiger partial charge in [0, 0.05) is 0 Å². The Morgan fingerprint density at radius 1 is 0.619 bits per heavy atom. The monoisotopic (exact) mass is 339 g/mol. The van der Waals surface area contributed by atoms with Gasteiger partial charge in [-0.3, -0.25) is 0 Å². The van der Waals surface area contributed by atoms with Crippen LogP contribution in [0.4, 0.5) is 0 Å². The first kappa shape index (κ1) is 19.5. The highest BCUT2D eigenvalue weighted by Crippen LogP contribution is 2.57. The van der Waals surface area contributed by atoms with Gasteiger partial charge in [-0.15, -0.1) is 0 Å². The summed E-state index contributed by atoms with van der Waals surface area (Å²) < 4.78 is 0. The lowest BCUT2D eigenvalue weighted by Crippen LogP contribution is -3.08. The predicted molar refractivity (Wildman–Crippen MR) is 92.8 cm³/mol. The second-order valence-electron chi connectivity index (χ2n) is 6.05. The summed E-state index contributed by atoms with van der Waals surface area (Å²) in [6.07, 6.45) is 0.274. The number of hydrogen-bond donors (Lipinski definition) is 9. The molecule has 1 aliphatic rings. The van der Waals surface area contributed by atoms with Gasteiger partial charge in [-0.1, -0.05) is 24.1 Å². The Bertz CT molecular complexity index is 343. The zero-order valence-electron chi connectivity index (χ0n) is 12.9. The van der Waals surface area contributed by atoms with E-state index in [0.717, 1.165) is 0 Å². The normalized spacial score (nSPS) is 45.7. The SMILES string of the molecule is CCC1(N)C(N)(N)C(N)(PC)C(N)(N)C(N)(PC)C1(N)N. The molecule has 0 aromatic carbocycles. The van der Waals surface area contributed by atoms with E-state index in [4.69, 9.17) is 51.6 Å². The zero-order chi connectivity index (χ0) is 17.1. The molecule has 0 heterocycles. The lowest BCUT2D eigenvalue weighted by Gasteiger charge is -2.73. The van der Waals surface area contributed by atoms with Gasteiger partial charge in [0.25, 0.3) is 0 Å². The molecule has 0 spiro atoms. The molecule has 0 radical (unpaired) electrons. The molecule has 4 unspecified atom stereocenters. The highest BCUT2D eigenvalue weighted by atomic mass is 31.1. The van der Waals surface area contributed by atoms with Crippen molar-refractivity contribution in [2.45, 2.75) is 46.4 Å². The fraction of sp³-hybridized carbons (Fsp3) is 1.00. The fourth-order valence-electron chi connectivity index (χ4n) is 3.45. The lowest BCUT2D eigenvalue weighted by molar-refractivity contribution is -0.0514. The molecule has 11 heteroatoms. The molecule has 18 N–H and O–H groups in total. The van der Waals surface area contributed by atoms with Gasteiger partial charge in [-0.2, -0.15) is 0 Å². The topological polar surface area (TPSA) is 234 Å². The summed E-state index contributed by atoms with van der Waals surface area (Å²) in [5, 5.41) is -2.85. The van der Waals surface area contributed by atoms with Gasteiger partial charge in [0.15, 0.2) is 0 Å². The maximum Gasteiger partial charge on any atom is 0.115 e. The summed E-state index contributed by atoms with van der Waals surface area (Å²) in [6, 6.07) is 0. The van der Waals surface area contributed by atoms with Crippen LogP contribution < -0.4 is 51.6 Å². The molecule has 4 atom stereocenters. The molecular formula is C10H31N9P2. The van der Waals surface area contributed by atoms with Gasteiger partial charge in [0.1, 0.15) is 17.0 Å². The molecule has 1 rings (SSSR count). The number of nitrogens with two attached hydrogens (primary N) is 9. The summed E-state index contributed by atoms with van der Waals surface area (Å²) in [5.74, 6) is 0. The van der Waals surface area contributed by atoms with Crippen LogP contribution in [0.25, 0.3) is 0 Å². The second-order valence-corrected chi connectivity index (χ2v) is 8.63. The molecule has 0 aromatic rings. The van der Waals surface area contributed by atoms with Crippen molar-refractivity contribution in [2.75, 3.05) is 13.3 Å². The minimum atomic E-state index is -1.70. The molecule has 1 aliphatic carbocycles. The summed E-state index contributed by atoms with van der Waals surface area (Å²) in [5.41, 5.74) is 51.0. The summed E-state index contributed by atoms with van der Waals surface area (Å²) in [6.45, 7) is 5.39. The van der Waals surface area contributed by atoms with E-state index in [2.05, 4.69) is 0 Å². The maximum absolute atomic E-state index is 6.48. The average Bonchev–Trinajstić information content (AvgIpc) is 2.41. The van der Waals surface area contributed by atoms with E-state index < -0.39 is 33.1 Å². The third-order valence-corrected chi connectivity index (χ3v) is 8.66. The van der Waals surface area contributed by atoms with Crippen LogP contribution in [0.3, 0.4) is 0 Å². The van der Waals surface area contributed by atoms with Gasteiger partial charge in [-0.25, -0.2) is 0 Å². The molecule has 1 fully saturated rings. The number of hydrogen-bond acceptors (Lipinski definition) is 9. The van der Waals surface area contributed by atoms with Crippen LogP contribution in [0.5, 0.6) is 0 Å². The molecule has 0 saturated heterocycles. The maximum atomic E-state index is 6.48. The number of rotatable bonds is 3. The Labute approximate surface area is 129 Å². The van der Waals surface area contributed by atoms with Crippen molar-refractivity contribution in [1.82, 2.24) is 0 Å². The molecule has 126 valence electrons. The first-order valence-corrected chi connectivity index (χ1v) is 9.66. The first-order valence-electron chi connectivity index (χ1n) is 6.66. The molecule has 9 nitrogen and oxygen atoms in total. The van der Waals surface area contributed by atoms with Crippen molar-refractivity contribution < 1.29 is 0 Å². The van der Waals surface area contributed by atoms with E-state index in [0.29, 0.717) is 0 Å². The van der Waals surface area contributed by atoms with Gasteiger partial charge >= 0.3 is 0 Å². The average molecular weight is 339 g/mol. The minimum absolute atomic E-state index is 0.0106. The zero-order valence-corrected chi connectivity index (χ0v) is 14.9. The summed E-state index contributed by atoms with van der Waals surface area (Å²) in [7, 11) is -0.0213. The van der Waals surface area contributed by atoms with Crippen molar-refractivity contribution in [3.63, 3.8) is 0 Å². The van der Waals surface area contributed by atoms with E-state index in [1.54, 1.807) is 20.3 Å². The highest BCUT2D eigenvalue weighted by Gasteiger charge is 2.80. The van der Waals surface area contributed by atoms with E-state index in [9.17, 15) is 0 Å². The van der Waals surface area contributed by atoms with Crippen LogP contribution in [0.15, 0.2) is 0 Å². The Hall–Kier alpha value is 0.500. The second kappa shape index (κ2) is 5.00. The Kier molecular flexibility index (Phi) is 4.65. The van der Waals surface area contributed by atoms with Crippen LogP contribution in [0.1, 0.15) is 13.3 Å². The van der Waals surface area contributed by atoms with Crippen molar-refractivity contribution in [2.24, 2.45) is 51.6 Å². The fourth-order valence-corrected chi connectivity index (χ4v) is 6.07. The first-order chi connectivity index (χ1) is 9.18. The third-order valence-electron chi connectivity index (χ3n) is 5.43. The van der Waals surface area contributed by atoms with Crippen LogP contribution >= 0.6 is 17.2 Å². The smallest absolute Gasteiger partial charge is 0.115 e. The minimum Gasteiger partial charge on any atom is -0.320 e. The van der Waals surface area contributed by atoms with Crippen LogP contribution in [-0.4, -0.2) is 46.4 Å². The van der Waals surface area contributed by atoms with Gasteiger partial charge in [0.2, 0.25) is 0 Å². The summed E-state index contributed by atoms with van der Waals surface area (Å²) in [4.78, 5) is 0. The van der Waals surface area contributed by atoms with E-state index in [1.165, 1.54) is 0 Å². The Morgan fingerprint density at radius 2 is 0.905 bits per heavy atom. The third kappa shape index (κ3) is 1.74. The van der Waals surface area contributed by atoms with Gasteiger partial charge in [0.05, 0.1) is 16.1 Å². The quantitative estimate of drug-likeness (QED) is 0.179. The van der Waals surface area contributed by atoms with Crippen molar-refractivity contribution in [1.29, 1.82) is 0 Å². The van der Waals surface area contributed by atoms with Crippen LogP contribution in [0, 0.1) is 0 Å². The molecule has 1 saturated carbocycles. The standard InChI is InChI=1S/C10H31N9P2/c1-4-5(11)6(12,13)9(18,20-2)8(16,17)10(19,21-3)7(5,14)15/h20-21H,4,11-19H2,1-3H3. The van der Waals surface area contributed by atoms with E-state index in [-0.39, 0.29) is 23.6 Å². The molecule has 0 bridgehead atoms. The van der Waals surface area contributed by atoms with Gasteiger partial charge < -0.3 is 51.6 Å². The molecule has 21 heavy (non-hydrogen) atoms. The Balaban J connectivity index is 3.87. The van der Waals surface area contributed by atoms with Gasteiger partial charge in [-0.05, 0) is 19.8 Å². The molecule has 0 aliphatic heterocycles. The summed E-state index contributed by atoms with van der Waals surface area (Å²) >= 11 is 0. The van der Waals surface area contributed by atoms with E-state index >= 15 is 0 Å². The van der Waals surface area contributed by atoms with Crippen molar-refractivity contribution >= 4 is 17.2 Å². The largest absolute Gasteiger partial charge is 0.320 e. The van der Waals surface area contributed by atoms with Crippen molar-refractivity contribution in [3.05, 3.63) is 0 Å². The highest BCUT2D eigenvalue weighted by molar-refractivity contribution is 7.41. The molecular weight excluding hydrogens is 308 g/mol. The lowest BCUT2D eigenvalue weighted by atomic mass is 9.56. The Morgan fingerprint density at radius 3 is 1.10 bits per heavy atom. The molecule has 0 aromatic heterocycles. The van der Waals surface area contributed by atoms with Crippen LogP contribution in [-0.2, 0) is 0 Å². The van der Waals surface area contributed by atoms with E-state index in [1.807, 2.05) is 0 Å². The van der Waals surface area contributed by atoms with Crippen LogP contribution in [0.2, 0.25) is 0 Å². The predicted octanol–water partition coefficient (Wildman–Crippen LogP) is -4.12.